The molecule has 0 fully saturated rings. The summed E-state index contributed by atoms with van der Waals surface area (Å²) in [6.07, 6.45) is 1.42. The van der Waals surface area contributed by atoms with Crippen molar-refractivity contribution in [3.8, 4) is 11.9 Å². The third kappa shape index (κ3) is 3.80. The van der Waals surface area contributed by atoms with Crippen LogP contribution in [0.2, 0.25) is 0 Å². The Balaban J connectivity index is 1.87. The van der Waals surface area contributed by atoms with E-state index in [-0.39, 0.29) is 6.01 Å². The number of aryl methyl sites for hydroxylation is 1. The quantitative estimate of drug-likeness (QED) is 0.502. The van der Waals surface area contributed by atoms with Crippen molar-refractivity contribution in [3.05, 3.63) is 83.0 Å². The topological polar surface area (TPSA) is 79.8 Å². The Bertz CT molecular complexity index is 1030. The summed E-state index contributed by atoms with van der Waals surface area (Å²) < 4.78 is 22.9. The van der Waals surface area contributed by atoms with Gasteiger partial charge in [0.15, 0.2) is 5.60 Å². The fraction of sp³-hybridized carbons (Fsp3) is 0.320. The van der Waals surface area contributed by atoms with Crippen LogP contribution >= 0.6 is 0 Å². The third-order valence-corrected chi connectivity index (χ3v) is 5.80. The molecule has 7 heteroatoms. The monoisotopic (exact) mass is 434 g/mol. The van der Waals surface area contributed by atoms with E-state index in [4.69, 9.17) is 18.9 Å². The summed E-state index contributed by atoms with van der Waals surface area (Å²) in [5, 5.41) is 0. The summed E-state index contributed by atoms with van der Waals surface area (Å²) in [6.45, 7) is 0. The van der Waals surface area contributed by atoms with Crippen molar-refractivity contribution < 1.29 is 23.7 Å². The third-order valence-electron chi connectivity index (χ3n) is 5.80. The molecule has 0 saturated carbocycles. The maximum absolute atomic E-state index is 13.1. The molecule has 1 unspecified atom stereocenters. The maximum Gasteiger partial charge on any atom is 0.351 e. The Morgan fingerprint density at radius 2 is 1.53 bits per heavy atom. The number of carbonyl (C=O) groups excluding carboxylic acids is 1. The summed E-state index contributed by atoms with van der Waals surface area (Å²) >= 11 is 0. The Kier molecular flexibility index (Phi) is 6.37. The van der Waals surface area contributed by atoms with Crippen molar-refractivity contribution in [2.75, 3.05) is 21.3 Å². The average molecular weight is 434 g/mol. The molecule has 0 saturated heterocycles. The van der Waals surface area contributed by atoms with Gasteiger partial charge in [0, 0.05) is 12.7 Å². The van der Waals surface area contributed by atoms with Gasteiger partial charge in [0.2, 0.25) is 12.0 Å². The zero-order valence-electron chi connectivity index (χ0n) is 18.4. The van der Waals surface area contributed by atoms with Crippen LogP contribution in [0.4, 0.5) is 0 Å². The van der Waals surface area contributed by atoms with E-state index in [1.54, 1.807) is 14.2 Å². The molecule has 32 heavy (non-hydrogen) atoms. The molecule has 0 amide bonds. The maximum atomic E-state index is 13.1. The highest BCUT2D eigenvalue weighted by Gasteiger charge is 2.50. The number of benzene rings is 2. The molecule has 0 spiro atoms. The van der Waals surface area contributed by atoms with Crippen LogP contribution < -0.4 is 9.47 Å². The lowest BCUT2D eigenvalue weighted by molar-refractivity contribution is -0.164. The molecule has 2 aromatic carbocycles. The molecule has 166 valence electrons. The molecule has 1 atom stereocenters. The molecule has 0 aliphatic heterocycles. The summed E-state index contributed by atoms with van der Waals surface area (Å²) in [5.41, 5.74) is 2.02. The number of fused-ring (bicyclic) bond motifs is 1. The Hall–Kier alpha value is -3.45. The number of esters is 1. The van der Waals surface area contributed by atoms with E-state index in [2.05, 4.69) is 9.97 Å². The number of hydrogen-bond acceptors (Lipinski definition) is 7. The lowest BCUT2D eigenvalue weighted by atomic mass is 9.81. The van der Waals surface area contributed by atoms with Crippen LogP contribution in [0, 0.1) is 0 Å². The highest BCUT2D eigenvalue weighted by atomic mass is 16.6. The molecular formula is C25H26N2O5. The van der Waals surface area contributed by atoms with Crippen molar-refractivity contribution in [3.63, 3.8) is 0 Å². The minimum absolute atomic E-state index is 0.0474. The fourth-order valence-corrected chi connectivity index (χ4v) is 4.29. The lowest BCUT2D eigenvalue weighted by Gasteiger charge is -2.38. The van der Waals surface area contributed by atoms with Gasteiger partial charge in [-0.05, 0) is 30.4 Å². The second kappa shape index (κ2) is 9.36. The fourth-order valence-electron chi connectivity index (χ4n) is 4.29. The molecule has 1 aromatic heterocycles. The van der Waals surface area contributed by atoms with Gasteiger partial charge < -0.3 is 18.9 Å². The van der Waals surface area contributed by atoms with Crippen LogP contribution in [0.15, 0.2) is 60.7 Å². The minimum atomic E-state index is -1.30. The van der Waals surface area contributed by atoms with Gasteiger partial charge in [0.05, 0.1) is 19.9 Å². The van der Waals surface area contributed by atoms with Crippen molar-refractivity contribution in [1.82, 2.24) is 9.97 Å². The van der Waals surface area contributed by atoms with Crippen LogP contribution in [-0.4, -0.2) is 43.4 Å². The van der Waals surface area contributed by atoms with Gasteiger partial charge in [-0.25, -0.2) is 4.79 Å². The number of nitrogens with zero attached hydrogens (tertiary/aromatic N) is 2. The molecule has 1 aliphatic carbocycles. The Morgan fingerprint density at radius 3 is 2.06 bits per heavy atom. The van der Waals surface area contributed by atoms with Gasteiger partial charge >= 0.3 is 12.0 Å². The van der Waals surface area contributed by atoms with Crippen molar-refractivity contribution >= 4 is 5.97 Å². The zero-order valence-corrected chi connectivity index (χ0v) is 18.4. The first-order valence-electron chi connectivity index (χ1n) is 10.5. The van der Waals surface area contributed by atoms with Crippen LogP contribution in [0.25, 0.3) is 0 Å². The van der Waals surface area contributed by atoms with Crippen molar-refractivity contribution in [1.29, 1.82) is 0 Å². The molecule has 0 N–H and O–H groups in total. The van der Waals surface area contributed by atoms with Gasteiger partial charge in [-0.15, -0.1) is 0 Å². The van der Waals surface area contributed by atoms with E-state index in [0.717, 1.165) is 41.6 Å². The van der Waals surface area contributed by atoms with Crippen molar-refractivity contribution in [2.24, 2.45) is 0 Å². The van der Waals surface area contributed by atoms with Crippen LogP contribution in [-0.2, 0) is 32.7 Å². The predicted molar refractivity (Wildman–Crippen MR) is 118 cm³/mol. The van der Waals surface area contributed by atoms with E-state index in [9.17, 15) is 4.79 Å². The van der Waals surface area contributed by atoms with E-state index in [0.29, 0.717) is 5.88 Å². The summed E-state index contributed by atoms with van der Waals surface area (Å²) in [4.78, 5) is 22.2. The predicted octanol–water partition coefficient (Wildman–Crippen LogP) is 3.48. The zero-order chi connectivity index (χ0) is 22.6. The van der Waals surface area contributed by atoms with Gasteiger partial charge in [-0.2, -0.15) is 9.97 Å². The highest BCUT2D eigenvalue weighted by Crippen LogP contribution is 2.39. The first-order valence-corrected chi connectivity index (χ1v) is 10.5. The van der Waals surface area contributed by atoms with Gasteiger partial charge in [0.1, 0.15) is 0 Å². The van der Waals surface area contributed by atoms with E-state index >= 15 is 0 Å². The largest absolute Gasteiger partial charge is 0.481 e. The van der Waals surface area contributed by atoms with E-state index < -0.39 is 17.7 Å². The molecule has 3 aromatic rings. The van der Waals surface area contributed by atoms with E-state index in [1.165, 1.54) is 7.11 Å². The first kappa shape index (κ1) is 21.8. The number of hydrogen-bond donors (Lipinski definition) is 0. The molecule has 1 aliphatic rings. The average Bonchev–Trinajstić information content (AvgIpc) is 3.33. The smallest absolute Gasteiger partial charge is 0.351 e. The number of ether oxygens (including phenoxy) is 4. The second-order valence-electron chi connectivity index (χ2n) is 7.49. The number of aromatic nitrogens is 2. The number of methoxy groups -OCH3 is 3. The molecule has 0 radical (unpaired) electrons. The highest BCUT2D eigenvalue weighted by molar-refractivity contribution is 5.78. The molecular weight excluding hydrogens is 408 g/mol. The Morgan fingerprint density at radius 1 is 0.906 bits per heavy atom. The first-order chi connectivity index (χ1) is 15.6. The van der Waals surface area contributed by atoms with E-state index in [1.807, 2.05) is 60.7 Å². The van der Waals surface area contributed by atoms with Gasteiger partial charge in [-0.1, -0.05) is 60.7 Å². The summed E-state index contributed by atoms with van der Waals surface area (Å²) in [6, 6.07) is 18.9. The normalized spacial score (nSPS) is 13.8. The van der Waals surface area contributed by atoms with Gasteiger partial charge in [0.25, 0.3) is 0 Å². The lowest BCUT2D eigenvalue weighted by Crippen LogP contribution is -2.51. The van der Waals surface area contributed by atoms with Gasteiger partial charge in [-0.3, -0.25) is 0 Å². The minimum Gasteiger partial charge on any atom is -0.481 e. The molecule has 1 heterocycles. The van der Waals surface area contributed by atoms with Crippen LogP contribution in [0.1, 0.15) is 28.8 Å². The van der Waals surface area contributed by atoms with Crippen LogP contribution in [0.5, 0.6) is 11.9 Å². The second-order valence-corrected chi connectivity index (χ2v) is 7.49. The number of carbonyl (C=O) groups is 1. The Labute approximate surface area is 187 Å². The summed E-state index contributed by atoms with van der Waals surface area (Å²) in [7, 11) is 4.43. The standard InChI is InChI=1S/C25H26N2O5/c1-29-22-19-15-10-16-20(19)26-24(27-22)32-21(23(28)30-2)25(31-3,17-11-6-4-7-12-17)18-13-8-5-9-14-18/h4-9,11-14,21H,10,15-16H2,1-3H3. The molecule has 4 rings (SSSR count). The molecule has 0 bridgehead atoms. The van der Waals surface area contributed by atoms with Crippen LogP contribution in [0.3, 0.4) is 0 Å². The number of rotatable bonds is 8. The SMILES string of the molecule is COC(=O)C(Oc1nc2c(c(OC)n1)CCC2)C(OC)(c1ccccc1)c1ccccc1. The molecule has 7 nitrogen and oxygen atoms in total. The van der Waals surface area contributed by atoms with Crippen molar-refractivity contribution in [2.45, 2.75) is 31.0 Å². The summed E-state index contributed by atoms with van der Waals surface area (Å²) in [5.74, 6) is -0.142.